The van der Waals surface area contributed by atoms with Crippen LogP contribution in [0.15, 0.2) is 54.6 Å². The second kappa shape index (κ2) is 9.45. The van der Waals surface area contributed by atoms with Crippen LogP contribution in [0.25, 0.3) is 11.6 Å². The third kappa shape index (κ3) is 4.68. The molecule has 4 rings (SSSR count). The lowest BCUT2D eigenvalue weighted by molar-refractivity contribution is 0.174. The van der Waals surface area contributed by atoms with Crippen molar-refractivity contribution in [2.45, 2.75) is 6.61 Å². The van der Waals surface area contributed by atoms with Crippen molar-refractivity contribution in [3.8, 4) is 23.3 Å². The van der Waals surface area contributed by atoms with E-state index in [2.05, 4.69) is 51.3 Å². The van der Waals surface area contributed by atoms with E-state index in [1.54, 1.807) is 0 Å². The molecule has 0 spiro atoms. The SMILES string of the molecule is N#C/C(=C/c1cc(I)c(OCc2ccccc2Cl)c(I)c1)c1ccc2c(c1)OCO2. The fraction of sp³-hybridized carbons (Fsp3) is 0.0870. The Morgan fingerprint density at radius 2 is 1.80 bits per heavy atom. The molecular formula is C23H14ClI2NO3. The average molecular weight is 642 g/mol. The second-order valence-electron chi connectivity index (χ2n) is 6.43. The summed E-state index contributed by atoms with van der Waals surface area (Å²) in [6.07, 6.45) is 1.86. The highest BCUT2D eigenvalue weighted by atomic mass is 127. The van der Waals surface area contributed by atoms with Crippen LogP contribution >= 0.6 is 56.8 Å². The predicted octanol–water partition coefficient (Wildman–Crippen LogP) is 6.92. The zero-order valence-corrected chi connectivity index (χ0v) is 20.6. The molecule has 0 radical (unpaired) electrons. The van der Waals surface area contributed by atoms with E-state index < -0.39 is 0 Å². The Balaban J connectivity index is 1.59. The van der Waals surface area contributed by atoms with E-state index in [9.17, 15) is 5.26 Å². The van der Waals surface area contributed by atoms with E-state index in [4.69, 9.17) is 25.8 Å². The number of fused-ring (bicyclic) bond motifs is 1. The van der Waals surface area contributed by atoms with Gasteiger partial charge in [-0.15, -0.1) is 0 Å². The Morgan fingerprint density at radius 1 is 1.07 bits per heavy atom. The van der Waals surface area contributed by atoms with Crippen molar-refractivity contribution in [1.29, 1.82) is 5.26 Å². The van der Waals surface area contributed by atoms with Gasteiger partial charge in [0.1, 0.15) is 12.4 Å². The van der Waals surface area contributed by atoms with Gasteiger partial charge in [0.2, 0.25) is 6.79 Å². The number of ether oxygens (including phenoxy) is 3. The van der Waals surface area contributed by atoms with Crippen molar-refractivity contribution in [3.05, 3.63) is 83.5 Å². The molecule has 0 fully saturated rings. The maximum absolute atomic E-state index is 9.69. The van der Waals surface area contributed by atoms with Crippen LogP contribution < -0.4 is 14.2 Å². The lowest BCUT2D eigenvalue weighted by atomic mass is 10.0. The zero-order valence-electron chi connectivity index (χ0n) is 15.5. The van der Waals surface area contributed by atoms with E-state index in [0.717, 1.165) is 29.6 Å². The van der Waals surface area contributed by atoms with Crippen LogP contribution in [0.5, 0.6) is 17.2 Å². The lowest BCUT2D eigenvalue weighted by Gasteiger charge is -2.12. The largest absolute Gasteiger partial charge is 0.487 e. The maximum atomic E-state index is 9.69. The number of halogens is 3. The van der Waals surface area contributed by atoms with Crippen LogP contribution in [0, 0.1) is 18.5 Å². The zero-order chi connectivity index (χ0) is 21.1. The van der Waals surface area contributed by atoms with E-state index >= 15 is 0 Å². The predicted molar refractivity (Wildman–Crippen MR) is 134 cm³/mol. The first-order chi connectivity index (χ1) is 14.5. The monoisotopic (exact) mass is 641 g/mol. The molecule has 3 aromatic carbocycles. The van der Waals surface area contributed by atoms with Crippen molar-refractivity contribution >= 4 is 68.4 Å². The fourth-order valence-electron chi connectivity index (χ4n) is 2.98. The number of hydrogen-bond acceptors (Lipinski definition) is 4. The minimum Gasteiger partial charge on any atom is -0.487 e. The van der Waals surface area contributed by atoms with Gasteiger partial charge >= 0.3 is 0 Å². The van der Waals surface area contributed by atoms with Gasteiger partial charge in [-0.05, 0) is 98.8 Å². The summed E-state index contributed by atoms with van der Waals surface area (Å²) in [7, 11) is 0. The Morgan fingerprint density at radius 3 is 2.53 bits per heavy atom. The summed E-state index contributed by atoms with van der Waals surface area (Å²) >= 11 is 10.7. The molecule has 0 N–H and O–H groups in total. The number of rotatable bonds is 5. The van der Waals surface area contributed by atoms with Crippen molar-refractivity contribution in [2.75, 3.05) is 6.79 Å². The third-order valence-corrected chi connectivity index (χ3v) is 6.44. The Hall–Kier alpha value is -1.96. The Labute approximate surface area is 206 Å². The maximum Gasteiger partial charge on any atom is 0.231 e. The van der Waals surface area contributed by atoms with Gasteiger partial charge in [0.15, 0.2) is 11.5 Å². The number of allylic oxidation sites excluding steroid dienone is 1. The van der Waals surface area contributed by atoms with E-state index in [0.29, 0.717) is 28.7 Å². The van der Waals surface area contributed by atoms with Gasteiger partial charge in [0.05, 0.1) is 18.8 Å². The molecule has 0 atom stereocenters. The first kappa shape index (κ1) is 21.3. The highest BCUT2D eigenvalue weighted by Gasteiger charge is 2.15. The second-order valence-corrected chi connectivity index (χ2v) is 9.16. The van der Waals surface area contributed by atoms with Crippen LogP contribution in [-0.2, 0) is 6.61 Å². The summed E-state index contributed by atoms with van der Waals surface area (Å²) in [4.78, 5) is 0. The summed E-state index contributed by atoms with van der Waals surface area (Å²) in [6, 6.07) is 19.4. The first-order valence-corrected chi connectivity index (χ1v) is 11.5. The molecule has 4 nitrogen and oxygen atoms in total. The summed E-state index contributed by atoms with van der Waals surface area (Å²) in [5.74, 6) is 2.15. The molecule has 0 saturated heterocycles. The molecular weight excluding hydrogens is 628 g/mol. The minimum atomic E-state index is 0.205. The average Bonchev–Trinajstić information content (AvgIpc) is 3.20. The highest BCUT2D eigenvalue weighted by molar-refractivity contribution is 14.1. The molecule has 1 aliphatic heterocycles. The van der Waals surface area contributed by atoms with E-state index in [-0.39, 0.29) is 6.79 Å². The van der Waals surface area contributed by atoms with Gasteiger partial charge in [0.25, 0.3) is 0 Å². The van der Waals surface area contributed by atoms with Crippen LogP contribution in [0.3, 0.4) is 0 Å². The molecule has 0 aromatic heterocycles. The number of benzene rings is 3. The summed E-state index contributed by atoms with van der Waals surface area (Å²) in [6.45, 7) is 0.595. The van der Waals surface area contributed by atoms with Gasteiger partial charge in [-0.25, -0.2) is 0 Å². The van der Waals surface area contributed by atoms with Crippen molar-refractivity contribution in [1.82, 2.24) is 0 Å². The van der Waals surface area contributed by atoms with Gasteiger partial charge in [0, 0.05) is 10.6 Å². The van der Waals surface area contributed by atoms with Crippen LogP contribution in [0.1, 0.15) is 16.7 Å². The number of hydrogen-bond donors (Lipinski definition) is 0. The third-order valence-electron chi connectivity index (χ3n) is 4.47. The van der Waals surface area contributed by atoms with Gasteiger partial charge < -0.3 is 14.2 Å². The first-order valence-electron chi connectivity index (χ1n) is 8.92. The quantitative estimate of drug-likeness (QED) is 0.173. The van der Waals surface area contributed by atoms with Gasteiger partial charge in [-0.3, -0.25) is 0 Å². The summed E-state index contributed by atoms with van der Waals surface area (Å²) < 4.78 is 18.7. The molecule has 1 aliphatic rings. The molecule has 0 amide bonds. The molecule has 0 bridgehead atoms. The molecule has 0 unspecified atom stereocenters. The molecule has 0 saturated carbocycles. The molecule has 150 valence electrons. The van der Waals surface area contributed by atoms with Gasteiger partial charge in [-0.2, -0.15) is 5.26 Å². The minimum absolute atomic E-state index is 0.205. The standard InChI is InChI=1S/C23H14ClI2NO3/c24-18-4-2-1-3-16(18)12-28-23-19(25)8-14(9-20(23)26)7-17(11-27)15-5-6-21-22(10-15)30-13-29-21/h1-10H,12-13H2/b17-7-. The van der Waals surface area contributed by atoms with E-state index in [1.165, 1.54) is 0 Å². The molecule has 3 aromatic rings. The lowest BCUT2D eigenvalue weighted by Crippen LogP contribution is -2.00. The molecule has 7 heteroatoms. The highest BCUT2D eigenvalue weighted by Crippen LogP contribution is 2.36. The van der Waals surface area contributed by atoms with E-state index in [1.807, 2.05) is 60.7 Å². The van der Waals surface area contributed by atoms with Crippen LogP contribution in [-0.4, -0.2) is 6.79 Å². The Kier molecular flexibility index (Phi) is 6.71. The molecule has 0 aliphatic carbocycles. The fourth-order valence-corrected chi connectivity index (χ4v) is 5.29. The normalized spacial score (nSPS) is 12.5. The van der Waals surface area contributed by atoms with Crippen molar-refractivity contribution < 1.29 is 14.2 Å². The Bertz CT molecular complexity index is 1160. The smallest absolute Gasteiger partial charge is 0.231 e. The van der Waals surface area contributed by atoms with Crippen LogP contribution in [0.4, 0.5) is 0 Å². The molecule has 30 heavy (non-hydrogen) atoms. The van der Waals surface area contributed by atoms with Crippen molar-refractivity contribution in [2.24, 2.45) is 0 Å². The number of nitriles is 1. The summed E-state index contributed by atoms with van der Waals surface area (Å²) in [5.41, 5.74) is 3.18. The van der Waals surface area contributed by atoms with Crippen LogP contribution in [0.2, 0.25) is 5.02 Å². The number of nitrogens with zero attached hydrogens (tertiary/aromatic N) is 1. The van der Waals surface area contributed by atoms with Crippen molar-refractivity contribution in [3.63, 3.8) is 0 Å². The topological polar surface area (TPSA) is 51.5 Å². The summed E-state index contributed by atoms with van der Waals surface area (Å²) in [5, 5.41) is 10.4. The molecule has 1 heterocycles. The van der Waals surface area contributed by atoms with Gasteiger partial charge in [-0.1, -0.05) is 29.8 Å².